The zero-order valence-corrected chi connectivity index (χ0v) is 13.8. The number of thioether (sulfide) groups is 1. The standard InChI is InChI=1S/C15H12FNO5S2/c16-9-3-1-8(2-4-9)7-11-13(20)17(15(23)24-11)10(14(21)22)5-6-12(18)19/h1-4,7,10H,5-6H2,(H,18,19)(H,21,22)/b11-7-/t10-/m0/s1. The molecule has 1 aromatic carbocycles. The van der Waals surface area contributed by atoms with Gasteiger partial charge in [0.05, 0.1) is 4.91 Å². The zero-order chi connectivity index (χ0) is 17.9. The Hall–Kier alpha value is -2.26. The Labute approximate surface area is 146 Å². The maximum Gasteiger partial charge on any atom is 0.326 e. The van der Waals surface area contributed by atoms with E-state index >= 15 is 0 Å². The van der Waals surface area contributed by atoms with Gasteiger partial charge in [-0.05, 0) is 30.2 Å². The summed E-state index contributed by atoms with van der Waals surface area (Å²) in [6.07, 6.45) is 0.834. The van der Waals surface area contributed by atoms with Crippen LogP contribution in [0, 0.1) is 5.82 Å². The molecule has 24 heavy (non-hydrogen) atoms. The lowest BCUT2D eigenvalue weighted by Crippen LogP contribution is -2.44. The Morgan fingerprint density at radius 3 is 2.46 bits per heavy atom. The van der Waals surface area contributed by atoms with E-state index in [-0.39, 0.29) is 15.6 Å². The van der Waals surface area contributed by atoms with Crippen molar-refractivity contribution in [3.05, 3.63) is 40.6 Å². The Bertz CT molecular complexity index is 732. The largest absolute Gasteiger partial charge is 0.481 e. The summed E-state index contributed by atoms with van der Waals surface area (Å²) in [5.74, 6) is -3.50. The molecule has 1 amide bonds. The molecule has 0 aromatic heterocycles. The third kappa shape index (κ3) is 4.18. The first kappa shape index (κ1) is 18.1. The lowest BCUT2D eigenvalue weighted by molar-refractivity contribution is -0.146. The van der Waals surface area contributed by atoms with Gasteiger partial charge >= 0.3 is 11.9 Å². The number of amides is 1. The van der Waals surface area contributed by atoms with Crippen LogP contribution in [0.4, 0.5) is 4.39 Å². The minimum absolute atomic E-state index is 0.0474. The number of halogens is 1. The number of rotatable bonds is 6. The molecule has 1 aliphatic heterocycles. The average molecular weight is 369 g/mol. The fourth-order valence-corrected chi connectivity index (χ4v) is 3.44. The van der Waals surface area contributed by atoms with E-state index in [2.05, 4.69) is 0 Å². The molecular weight excluding hydrogens is 357 g/mol. The molecule has 0 spiro atoms. The van der Waals surface area contributed by atoms with Crippen molar-refractivity contribution in [2.45, 2.75) is 18.9 Å². The van der Waals surface area contributed by atoms with Gasteiger partial charge in [0.1, 0.15) is 16.2 Å². The Kier molecular flexibility index (Phi) is 5.68. The summed E-state index contributed by atoms with van der Waals surface area (Å²) < 4.78 is 13.0. The molecule has 2 N–H and O–H groups in total. The Morgan fingerprint density at radius 2 is 1.92 bits per heavy atom. The molecule has 1 heterocycles. The highest BCUT2D eigenvalue weighted by Gasteiger charge is 2.40. The first-order valence-electron chi connectivity index (χ1n) is 6.77. The van der Waals surface area contributed by atoms with E-state index < -0.39 is 36.1 Å². The second kappa shape index (κ2) is 7.54. The van der Waals surface area contributed by atoms with Gasteiger partial charge < -0.3 is 10.2 Å². The van der Waals surface area contributed by atoms with Crippen LogP contribution in [0.2, 0.25) is 0 Å². The van der Waals surface area contributed by atoms with Crippen LogP contribution in [-0.4, -0.2) is 43.3 Å². The highest BCUT2D eigenvalue weighted by atomic mass is 32.2. The molecule has 1 aliphatic rings. The van der Waals surface area contributed by atoms with E-state index in [4.69, 9.17) is 17.3 Å². The second-order valence-electron chi connectivity index (χ2n) is 4.89. The number of aliphatic carboxylic acids is 2. The molecule has 126 valence electrons. The smallest absolute Gasteiger partial charge is 0.326 e. The predicted molar refractivity (Wildman–Crippen MR) is 89.7 cm³/mol. The highest BCUT2D eigenvalue weighted by molar-refractivity contribution is 8.26. The molecule has 2 rings (SSSR count). The third-order valence-corrected chi connectivity index (χ3v) is 4.55. The molecular formula is C15H12FNO5S2. The number of thiocarbonyl (C=S) groups is 1. The first-order chi connectivity index (χ1) is 11.3. The van der Waals surface area contributed by atoms with Crippen molar-refractivity contribution < 1.29 is 29.0 Å². The number of nitrogens with zero attached hydrogens (tertiary/aromatic N) is 1. The molecule has 0 unspecified atom stereocenters. The minimum atomic E-state index is -1.34. The van der Waals surface area contributed by atoms with Crippen molar-refractivity contribution >= 4 is 52.2 Å². The van der Waals surface area contributed by atoms with Crippen molar-refractivity contribution in [2.75, 3.05) is 0 Å². The predicted octanol–water partition coefficient (Wildman–Crippen LogP) is 2.34. The molecule has 1 atom stereocenters. The Morgan fingerprint density at radius 1 is 1.29 bits per heavy atom. The van der Waals surface area contributed by atoms with Gasteiger partial charge in [-0.25, -0.2) is 9.18 Å². The minimum Gasteiger partial charge on any atom is -0.481 e. The SMILES string of the molecule is O=C(O)CC[C@@H](C(=O)O)N1C(=O)/C(=C/c2ccc(F)cc2)SC1=S. The van der Waals surface area contributed by atoms with Gasteiger partial charge in [-0.2, -0.15) is 0 Å². The molecule has 0 aliphatic carbocycles. The number of carbonyl (C=O) groups excluding carboxylic acids is 1. The van der Waals surface area contributed by atoms with E-state index in [0.717, 1.165) is 16.7 Å². The van der Waals surface area contributed by atoms with Crippen LogP contribution in [0.15, 0.2) is 29.2 Å². The van der Waals surface area contributed by atoms with E-state index in [1.165, 1.54) is 30.3 Å². The van der Waals surface area contributed by atoms with E-state index in [0.29, 0.717) is 5.56 Å². The number of carboxylic acid groups (broad SMARTS) is 2. The molecule has 1 saturated heterocycles. The molecule has 9 heteroatoms. The summed E-state index contributed by atoms with van der Waals surface area (Å²) in [5, 5.41) is 18.0. The van der Waals surface area contributed by atoms with Crippen LogP contribution >= 0.6 is 24.0 Å². The van der Waals surface area contributed by atoms with Gasteiger partial charge in [0.25, 0.3) is 5.91 Å². The van der Waals surface area contributed by atoms with Gasteiger partial charge in [-0.15, -0.1) is 0 Å². The lowest BCUT2D eigenvalue weighted by atomic mass is 10.1. The summed E-state index contributed by atoms with van der Waals surface area (Å²) in [5.41, 5.74) is 0.564. The molecule has 1 aromatic rings. The van der Waals surface area contributed by atoms with Gasteiger partial charge in [0, 0.05) is 6.42 Å². The number of benzene rings is 1. The van der Waals surface area contributed by atoms with Gasteiger partial charge in [-0.1, -0.05) is 36.1 Å². The van der Waals surface area contributed by atoms with Crippen molar-refractivity contribution in [1.29, 1.82) is 0 Å². The second-order valence-corrected chi connectivity index (χ2v) is 6.57. The first-order valence-corrected chi connectivity index (χ1v) is 7.99. The molecule has 0 bridgehead atoms. The van der Waals surface area contributed by atoms with Crippen LogP contribution in [0.5, 0.6) is 0 Å². The molecule has 0 radical (unpaired) electrons. The number of carbonyl (C=O) groups is 3. The Balaban J connectivity index is 2.24. The number of hydrogen-bond donors (Lipinski definition) is 2. The van der Waals surface area contributed by atoms with Crippen molar-refractivity contribution in [3.63, 3.8) is 0 Å². The van der Waals surface area contributed by atoms with Gasteiger partial charge in [0.15, 0.2) is 0 Å². The van der Waals surface area contributed by atoms with Crippen LogP contribution < -0.4 is 0 Å². The topological polar surface area (TPSA) is 94.9 Å². The zero-order valence-electron chi connectivity index (χ0n) is 12.1. The molecule has 0 saturated carbocycles. The van der Waals surface area contributed by atoms with Crippen molar-refractivity contribution in [2.24, 2.45) is 0 Å². The average Bonchev–Trinajstić information content (AvgIpc) is 2.77. The number of carboxylic acids is 2. The summed E-state index contributed by atoms with van der Waals surface area (Å²) in [7, 11) is 0. The summed E-state index contributed by atoms with van der Waals surface area (Å²) in [4.78, 5) is 35.6. The van der Waals surface area contributed by atoms with Crippen LogP contribution in [0.25, 0.3) is 6.08 Å². The summed E-state index contributed by atoms with van der Waals surface area (Å²) >= 11 is 5.99. The van der Waals surface area contributed by atoms with E-state index in [1.54, 1.807) is 0 Å². The lowest BCUT2D eigenvalue weighted by Gasteiger charge is -2.22. The van der Waals surface area contributed by atoms with Crippen molar-refractivity contribution in [3.8, 4) is 0 Å². The van der Waals surface area contributed by atoms with Crippen LogP contribution in [0.1, 0.15) is 18.4 Å². The van der Waals surface area contributed by atoms with Gasteiger partial charge in [0.2, 0.25) is 0 Å². The highest BCUT2D eigenvalue weighted by Crippen LogP contribution is 2.34. The van der Waals surface area contributed by atoms with Crippen molar-refractivity contribution in [1.82, 2.24) is 4.90 Å². The summed E-state index contributed by atoms with van der Waals surface area (Å²) in [6, 6.07) is 4.08. The quantitative estimate of drug-likeness (QED) is 0.587. The molecule has 6 nitrogen and oxygen atoms in total. The van der Waals surface area contributed by atoms with Crippen LogP contribution in [-0.2, 0) is 14.4 Å². The van der Waals surface area contributed by atoms with E-state index in [1.807, 2.05) is 0 Å². The van der Waals surface area contributed by atoms with E-state index in [9.17, 15) is 23.9 Å². The fraction of sp³-hybridized carbons (Fsp3) is 0.200. The maximum absolute atomic E-state index is 12.9. The summed E-state index contributed by atoms with van der Waals surface area (Å²) in [6.45, 7) is 0. The fourth-order valence-electron chi connectivity index (χ4n) is 2.08. The van der Waals surface area contributed by atoms with Crippen LogP contribution in [0.3, 0.4) is 0 Å². The van der Waals surface area contributed by atoms with Gasteiger partial charge in [-0.3, -0.25) is 14.5 Å². The number of hydrogen-bond acceptors (Lipinski definition) is 5. The monoisotopic (exact) mass is 369 g/mol. The molecule has 1 fully saturated rings. The maximum atomic E-state index is 12.9. The normalized spacial score (nSPS) is 17.4. The third-order valence-electron chi connectivity index (χ3n) is 3.22.